The number of sulfonamides is 1. The van der Waals surface area contributed by atoms with Gasteiger partial charge in [0.05, 0.1) is 11.9 Å². The molecule has 0 spiro atoms. The molecule has 0 aromatic heterocycles. The minimum Gasteiger partial charge on any atom is -0.373 e. The molecule has 7 heteroatoms. The molecule has 0 bridgehead atoms. The van der Waals surface area contributed by atoms with Gasteiger partial charge in [0.25, 0.3) is 0 Å². The number of nitrogens with one attached hydrogen (secondary N) is 1. The fourth-order valence-electron chi connectivity index (χ4n) is 2.92. The van der Waals surface area contributed by atoms with Crippen molar-refractivity contribution in [2.45, 2.75) is 13.8 Å². The number of nitrogens with zero attached hydrogens (tertiary/aromatic N) is 2. The molecular formula is C20H27N3O3S. The maximum Gasteiger partial charge on any atom is 0.240 e. The third kappa shape index (κ3) is 5.72. The number of likely N-dealkylation sites (N-methyl/N-ethyl adjacent to an activating group) is 1. The first-order chi connectivity index (χ1) is 12.7. The van der Waals surface area contributed by atoms with Crippen LogP contribution in [0.3, 0.4) is 0 Å². The second-order valence-electron chi connectivity index (χ2n) is 6.62. The van der Waals surface area contributed by atoms with Gasteiger partial charge in [-0.2, -0.15) is 0 Å². The van der Waals surface area contributed by atoms with Crippen molar-refractivity contribution in [1.29, 1.82) is 0 Å². The molecule has 0 aliphatic rings. The van der Waals surface area contributed by atoms with Crippen molar-refractivity contribution in [3.05, 3.63) is 59.7 Å². The fourth-order valence-corrected chi connectivity index (χ4v) is 3.89. The molecule has 1 amide bonds. The van der Waals surface area contributed by atoms with Crippen LogP contribution in [0.15, 0.2) is 48.5 Å². The second-order valence-corrected chi connectivity index (χ2v) is 8.52. The van der Waals surface area contributed by atoms with Crippen molar-refractivity contribution in [2.24, 2.45) is 0 Å². The summed E-state index contributed by atoms with van der Waals surface area (Å²) in [5, 5.41) is 2.81. The van der Waals surface area contributed by atoms with Crippen LogP contribution in [0.25, 0.3) is 0 Å². The van der Waals surface area contributed by atoms with E-state index in [1.807, 2.05) is 74.3 Å². The van der Waals surface area contributed by atoms with E-state index in [2.05, 4.69) is 5.32 Å². The van der Waals surface area contributed by atoms with Crippen LogP contribution in [0.2, 0.25) is 0 Å². The van der Waals surface area contributed by atoms with E-state index in [-0.39, 0.29) is 12.5 Å². The predicted octanol–water partition coefficient (Wildman–Crippen LogP) is 2.32. The zero-order chi connectivity index (χ0) is 20.0. The molecule has 1 N–H and O–H groups in total. The number of hydrogen-bond acceptors (Lipinski definition) is 4. The smallest absolute Gasteiger partial charge is 0.240 e. The fraction of sp³-hybridized carbons (Fsp3) is 0.350. The topological polar surface area (TPSA) is 69.7 Å². The van der Waals surface area contributed by atoms with Gasteiger partial charge in [0.15, 0.2) is 0 Å². The van der Waals surface area contributed by atoms with Gasteiger partial charge in [0.2, 0.25) is 15.9 Å². The van der Waals surface area contributed by atoms with Crippen LogP contribution in [0, 0.1) is 13.8 Å². The van der Waals surface area contributed by atoms with E-state index in [0.29, 0.717) is 18.8 Å². The van der Waals surface area contributed by atoms with Crippen LogP contribution < -0.4 is 14.5 Å². The largest absolute Gasteiger partial charge is 0.373 e. The average molecular weight is 390 g/mol. The number of hydrogen-bond donors (Lipinski definition) is 1. The number of anilines is 2. The van der Waals surface area contributed by atoms with Gasteiger partial charge in [-0.15, -0.1) is 0 Å². The van der Waals surface area contributed by atoms with Crippen molar-refractivity contribution in [3.63, 3.8) is 0 Å². The van der Waals surface area contributed by atoms with Crippen LogP contribution >= 0.6 is 0 Å². The molecule has 0 atom stereocenters. The molecule has 0 fully saturated rings. The Morgan fingerprint density at radius 3 is 2.15 bits per heavy atom. The Morgan fingerprint density at radius 1 is 1.00 bits per heavy atom. The quantitative estimate of drug-likeness (QED) is 0.752. The van der Waals surface area contributed by atoms with E-state index in [1.165, 1.54) is 4.31 Å². The first kappa shape index (κ1) is 20.8. The van der Waals surface area contributed by atoms with Crippen molar-refractivity contribution in [3.8, 4) is 0 Å². The average Bonchev–Trinajstić information content (AvgIpc) is 2.60. The molecule has 0 saturated carbocycles. The van der Waals surface area contributed by atoms with E-state index in [0.717, 1.165) is 23.1 Å². The third-order valence-electron chi connectivity index (χ3n) is 4.34. The van der Waals surface area contributed by atoms with Crippen molar-refractivity contribution < 1.29 is 13.2 Å². The third-order valence-corrected chi connectivity index (χ3v) is 5.46. The number of benzene rings is 2. The normalized spacial score (nSPS) is 11.1. The monoisotopic (exact) mass is 389 g/mol. The maximum absolute atomic E-state index is 12.4. The molecule has 0 saturated heterocycles. The Balaban J connectivity index is 2.01. The summed E-state index contributed by atoms with van der Waals surface area (Å²) in [5.41, 5.74) is 3.26. The minimum absolute atomic E-state index is 0.237. The number of amides is 1. The van der Waals surface area contributed by atoms with Crippen LogP contribution in [-0.4, -0.2) is 47.3 Å². The standard InChI is InChI=1S/C20H27N3O3S/c1-16-9-8-10-17(2)20(16)23(27(4,25)26)15-19(24)21-13-14-22(3)18-11-6-5-7-12-18/h5-12H,13-15H2,1-4H3,(H,21,24). The van der Waals surface area contributed by atoms with Gasteiger partial charge < -0.3 is 10.2 Å². The van der Waals surface area contributed by atoms with Gasteiger partial charge in [0.1, 0.15) is 6.54 Å². The molecule has 2 aromatic rings. The number of aryl methyl sites for hydroxylation is 2. The van der Waals surface area contributed by atoms with Crippen molar-refractivity contribution >= 4 is 27.3 Å². The number of carbonyl (C=O) groups excluding carboxylic acids is 1. The van der Waals surface area contributed by atoms with Gasteiger partial charge in [-0.05, 0) is 37.1 Å². The second kappa shape index (κ2) is 8.90. The molecule has 146 valence electrons. The molecule has 0 aliphatic carbocycles. The summed E-state index contributed by atoms with van der Waals surface area (Å²) in [6.45, 7) is 4.49. The van der Waals surface area contributed by atoms with E-state index >= 15 is 0 Å². The van der Waals surface area contributed by atoms with Crippen LogP contribution in [0.4, 0.5) is 11.4 Å². The SMILES string of the molecule is Cc1cccc(C)c1N(CC(=O)NCCN(C)c1ccccc1)S(C)(=O)=O. The molecule has 2 rings (SSSR count). The molecule has 0 radical (unpaired) electrons. The van der Waals surface area contributed by atoms with Crippen LogP contribution in [0.1, 0.15) is 11.1 Å². The molecule has 0 aliphatic heterocycles. The lowest BCUT2D eigenvalue weighted by Gasteiger charge is -2.26. The highest BCUT2D eigenvalue weighted by atomic mass is 32.2. The summed E-state index contributed by atoms with van der Waals surface area (Å²) >= 11 is 0. The Kier molecular flexibility index (Phi) is 6.85. The molecule has 0 heterocycles. The van der Waals surface area contributed by atoms with Gasteiger partial charge in [-0.25, -0.2) is 8.42 Å². The molecule has 27 heavy (non-hydrogen) atoms. The van der Waals surface area contributed by atoms with Crippen molar-refractivity contribution in [1.82, 2.24) is 5.32 Å². The summed E-state index contributed by atoms with van der Waals surface area (Å²) in [6, 6.07) is 15.4. The van der Waals surface area contributed by atoms with Gasteiger partial charge >= 0.3 is 0 Å². The highest BCUT2D eigenvalue weighted by Crippen LogP contribution is 2.26. The van der Waals surface area contributed by atoms with E-state index in [1.54, 1.807) is 0 Å². The Hall–Kier alpha value is -2.54. The molecule has 0 unspecified atom stereocenters. The zero-order valence-electron chi connectivity index (χ0n) is 16.3. The van der Waals surface area contributed by atoms with E-state index in [4.69, 9.17) is 0 Å². The van der Waals surface area contributed by atoms with E-state index in [9.17, 15) is 13.2 Å². The summed E-state index contributed by atoms with van der Waals surface area (Å²) in [5.74, 6) is -0.329. The predicted molar refractivity (Wildman–Crippen MR) is 111 cm³/mol. The van der Waals surface area contributed by atoms with Gasteiger partial charge in [0, 0.05) is 25.8 Å². The van der Waals surface area contributed by atoms with Gasteiger partial charge in [-0.1, -0.05) is 36.4 Å². The summed E-state index contributed by atoms with van der Waals surface area (Å²) in [7, 11) is -1.63. The summed E-state index contributed by atoms with van der Waals surface area (Å²) < 4.78 is 25.7. The lowest BCUT2D eigenvalue weighted by molar-refractivity contribution is -0.119. The molecule has 6 nitrogen and oxygen atoms in total. The Bertz CT molecular complexity index is 862. The number of para-hydroxylation sites is 2. The Labute approximate surface area is 161 Å². The maximum atomic E-state index is 12.4. The van der Waals surface area contributed by atoms with Gasteiger partial charge in [-0.3, -0.25) is 9.10 Å². The molecule has 2 aromatic carbocycles. The zero-order valence-corrected chi connectivity index (χ0v) is 17.1. The highest BCUT2D eigenvalue weighted by molar-refractivity contribution is 7.92. The first-order valence-electron chi connectivity index (χ1n) is 8.77. The van der Waals surface area contributed by atoms with E-state index < -0.39 is 10.0 Å². The number of carbonyl (C=O) groups is 1. The number of rotatable bonds is 8. The minimum atomic E-state index is -3.58. The first-order valence-corrected chi connectivity index (χ1v) is 10.6. The lowest BCUT2D eigenvalue weighted by atomic mass is 10.1. The van der Waals surface area contributed by atoms with Crippen LogP contribution in [0.5, 0.6) is 0 Å². The summed E-state index contributed by atoms with van der Waals surface area (Å²) in [4.78, 5) is 14.4. The Morgan fingerprint density at radius 2 is 1.59 bits per heavy atom. The van der Waals surface area contributed by atoms with Crippen molar-refractivity contribution in [2.75, 3.05) is 42.1 Å². The molecular weight excluding hydrogens is 362 g/mol. The lowest BCUT2D eigenvalue weighted by Crippen LogP contribution is -2.42. The summed E-state index contributed by atoms with van der Waals surface area (Å²) in [6.07, 6.45) is 1.12. The highest BCUT2D eigenvalue weighted by Gasteiger charge is 2.23. The van der Waals surface area contributed by atoms with Crippen LogP contribution in [-0.2, 0) is 14.8 Å².